The summed E-state index contributed by atoms with van der Waals surface area (Å²) in [7, 11) is 0. The van der Waals surface area contributed by atoms with E-state index < -0.39 is 5.97 Å². The highest BCUT2D eigenvalue weighted by atomic mass is 32.2. The lowest BCUT2D eigenvalue weighted by atomic mass is 10.2. The van der Waals surface area contributed by atoms with Crippen molar-refractivity contribution >= 4 is 17.7 Å². The number of thioether (sulfide) groups is 1. The molecule has 0 saturated heterocycles. The molecule has 2 aromatic rings. The number of carbonyl (C=O) groups is 1. The first-order chi connectivity index (χ1) is 9.16. The van der Waals surface area contributed by atoms with Crippen LogP contribution in [-0.4, -0.2) is 36.8 Å². The van der Waals surface area contributed by atoms with Crippen LogP contribution in [0.4, 0.5) is 0 Å². The zero-order valence-electron chi connectivity index (χ0n) is 9.92. The van der Waals surface area contributed by atoms with Gasteiger partial charge in [0.1, 0.15) is 5.69 Å². The quantitative estimate of drug-likeness (QED) is 0.527. The lowest BCUT2D eigenvalue weighted by Crippen LogP contribution is -2.24. The average Bonchev–Trinajstić information content (AvgIpc) is 3.02. The molecule has 2 aromatic heterocycles. The van der Waals surface area contributed by atoms with E-state index in [4.69, 9.17) is 5.84 Å². The number of H-pyrrole nitrogens is 1. The van der Waals surface area contributed by atoms with Gasteiger partial charge in [-0.2, -0.15) is 5.10 Å². The second kappa shape index (κ2) is 4.57. The van der Waals surface area contributed by atoms with Crippen LogP contribution < -0.4 is 10.9 Å². The van der Waals surface area contributed by atoms with Crippen LogP contribution in [-0.2, 0) is 17.6 Å². The highest BCUT2D eigenvalue weighted by Gasteiger charge is 2.23. The fourth-order valence-electron chi connectivity index (χ4n) is 2.16. The van der Waals surface area contributed by atoms with Gasteiger partial charge in [0.05, 0.1) is 5.97 Å². The largest absolute Gasteiger partial charge is 0.549 e. The fourth-order valence-corrected chi connectivity index (χ4v) is 2.74. The third-order valence-electron chi connectivity index (χ3n) is 3.00. The number of carbonyl (C=O) groups excluding carboxylic acids is 1. The van der Waals surface area contributed by atoms with Crippen molar-refractivity contribution in [3.8, 4) is 11.5 Å². The van der Waals surface area contributed by atoms with Gasteiger partial charge in [0.2, 0.25) is 11.0 Å². The molecule has 0 bridgehead atoms. The van der Waals surface area contributed by atoms with Crippen molar-refractivity contribution in [1.82, 2.24) is 25.1 Å². The summed E-state index contributed by atoms with van der Waals surface area (Å²) in [4.78, 5) is 10.4. The summed E-state index contributed by atoms with van der Waals surface area (Å²) in [5.74, 6) is 4.94. The molecule has 9 heteroatoms. The summed E-state index contributed by atoms with van der Waals surface area (Å²) in [6.45, 7) is 0. The molecule has 19 heavy (non-hydrogen) atoms. The number of fused-ring (bicyclic) bond motifs is 1. The Kier molecular flexibility index (Phi) is 2.90. The predicted octanol–water partition coefficient (Wildman–Crippen LogP) is -1.29. The molecular formula is C10H11N6O2S-. The predicted molar refractivity (Wildman–Crippen MR) is 65.5 cm³/mol. The zero-order valence-corrected chi connectivity index (χ0v) is 10.7. The molecule has 0 amide bonds. The molecule has 100 valence electrons. The lowest BCUT2D eigenvalue weighted by Gasteiger charge is -2.03. The maximum absolute atomic E-state index is 10.4. The summed E-state index contributed by atoms with van der Waals surface area (Å²) >= 11 is 0.971. The van der Waals surface area contributed by atoms with Crippen LogP contribution in [0, 0.1) is 0 Å². The Labute approximate surface area is 112 Å². The first-order valence-corrected chi connectivity index (χ1v) is 6.75. The van der Waals surface area contributed by atoms with E-state index >= 15 is 0 Å². The maximum Gasteiger partial charge on any atom is 0.210 e. The number of rotatable bonds is 4. The molecule has 0 unspecified atom stereocenters. The Morgan fingerprint density at radius 3 is 3.11 bits per heavy atom. The van der Waals surface area contributed by atoms with E-state index in [-0.39, 0.29) is 5.75 Å². The molecular weight excluding hydrogens is 268 g/mol. The topological polar surface area (TPSA) is 126 Å². The van der Waals surface area contributed by atoms with Crippen LogP contribution in [0.3, 0.4) is 0 Å². The van der Waals surface area contributed by atoms with Crippen LogP contribution in [0.25, 0.3) is 11.5 Å². The number of nitrogens with one attached hydrogen (secondary N) is 1. The second-order valence-electron chi connectivity index (χ2n) is 4.22. The van der Waals surface area contributed by atoms with Gasteiger partial charge in [0.25, 0.3) is 0 Å². The molecule has 0 spiro atoms. The molecule has 0 aromatic carbocycles. The maximum atomic E-state index is 10.4. The smallest absolute Gasteiger partial charge is 0.210 e. The van der Waals surface area contributed by atoms with Crippen LogP contribution in [0.2, 0.25) is 0 Å². The number of aromatic nitrogens is 5. The summed E-state index contributed by atoms with van der Waals surface area (Å²) in [5.41, 5.74) is 2.93. The number of carboxylic acid groups (broad SMARTS) is 1. The molecule has 3 N–H and O–H groups in total. The van der Waals surface area contributed by atoms with Gasteiger partial charge >= 0.3 is 0 Å². The van der Waals surface area contributed by atoms with Gasteiger partial charge in [-0.15, -0.1) is 10.2 Å². The third-order valence-corrected chi connectivity index (χ3v) is 3.92. The van der Waals surface area contributed by atoms with Gasteiger partial charge in [-0.05, 0) is 19.3 Å². The van der Waals surface area contributed by atoms with E-state index in [9.17, 15) is 9.90 Å². The Bertz CT molecular complexity index is 634. The van der Waals surface area contributed by atoms with Gasteiger partial charge in [-0.1, -0.05) is 11.8 Å². The number of nitrogens with zero attached hydrogens (tertiary/aromatic N) is 4. The van der Waals surface area contributed by atoms with E-state index in [1.165, 1.54) is 4.68 Å². The van der Waals surface area contributed by atoms with Crippen molar-refractivity contribution in [1.29, 1.82) is 0 Å². The van der Waals surface area contributed by atoms with E-state index in [2.05, 4.69) is 20.4 Å². The fraction of sp³-hybridized carbons (Fsp3) is 0.400. The number of nitrogens with two attached hydrogens (primary N) is 1. The number of aryl methyl sites for hydroxylation is 1. The molecule has 0 radical (unpaired) electrons. The standard InChI is InChI=1S/C10H12N6O2S/c11-16-9(14-15-10(16)19-4-7(17)18)8-5-2-1-3-6(5)12-13-8/h1-4,11H2,(H,12,13)(H,17,18)/p-1. The summed E-state index contributed by atoms with van der Waals surface area (Å²) in [5, 5.41) is 25.8. The second-order valence-corrected chi connectivity index (χ2v) is 5.16. The molecule has 1 aliphatic rings. The highest BCUT2D eigenvalue weighted by molar-refractivity contribution is 7.99. The number of aromatic amines is 1. The van der Waals surface area contributed by atoms with Crippen molar-refractivity contribution in [3.05, 3.63) is 11.3 Å². The van der Waals surface area contributed by atoms with Crippen molar-refractivity contribution in [2.45, 2.75) is 24.4 Å². The minimum absolute atomic E-state index is 0.214. The molecule has 0 fully saturated rings. The SMILES string of the molecule is Nn1c(SCC(=O)[O-])nnc1-c1n[nH]c2c1CCC2. The molecule has 0 saturated carbocycles. The summed E-state index contributed by atoms with van der Waals surface area (Å²) in [6, 6.07) is 0. The minimum Gasteiger partial charge on any atom is -0.549 e. The van der Waals surface area contributed by atoms with Crippen LogP contribution in [0.15, 0.2) is 5.16 Å². The monoisotopic (exact) mass is 279 g/mol. The van der Waals surface area contributed by atoms with Crippen LogP contribution >= 0.6 is 11.8 Å². The van der Waals surface area contributed by atoms with Crippen molar-refractivity contribution in [3.63, 3.8) is 0 Å². The number of carboxylic acids is 1. The highest BCUT2D eigenvalue weighted by Crippen LogP contribution is 2.29. The normalized spacial score (nSPS) is 13.7. The van der Waals surface area contributed by atoms with E-state index in [1.807, 2.05) is 0 Å². The first kappa shape index (κ1) is 12.0. The van der Waals surface area contributed by atoms with Gasteiger partial charge in [-0.3, -0.25) is 5.10 Å². The van der Waals surface area contributed by atoms with Crippen molar-refractivity contribution in [2.24, 2.45) is 0 Å². The Morgan fingerprint density at radius 2 is 2.32 bits per heavy atom. The van der Waals surface area contributed by atoms with E-state index in [1.54, 1.807) is 0 Å². The Balaban J connectivity index is 1.91. The van der Waals surface area contributed by atoms with Gasteiger partial charge < -0.3 is 15.7 Å². The zero-order chi connectivity index (χ0) is 13.4. The van der Waals surface area contributed by atoms with Gasteiger partial charge in [-0.25, -0.2) is 4.68 Å². The molecule has 1 aliphatic carbocycles. The lowest BCUT2D eigenvalue weighted by molar-refractivity contribution is -0.301. The van der Waals surface area contributed by atoms with Crippen molar-refractivity contribution < 1.29 is 9.90 Å². The van der Waals surface area contributed by atoms with E-state index in [0.29, 0.717) is 16.7 Å². The summed E-state index contributed by atoms with van der Waals surface area (Å²) < 4.78 is 1.27. The summed E-state index contributed by atoms with van der Waals surface area (Å²) in [6.07, 6.45) is 3.00. The molecule has 8 nitrogen and oxygen atoms in total. The van der Waals surface area contributed by atoms with Crippen LogP contribution in [0.1, 0.15) is 17.7 Å². The number of aliphatic carboxylic acids is 1. The van der Waals surface area contributed by atoms with Gasteiger partial charge in [0.15, 0.2) is 0 Å². The minimum atomic E-state index is -1.17. The Morgan fingerprint density at radius 1 is 1.47 bits per heavy atom. The van der Waals surface area contributed by atoms with Gasteiger partial charge in [0, 0.05) is 17.0 Å². The molecule has 2 heterocycles. The average molecular weight is 279 g/mol. The molecule has 3 rings (SSSR count). The first-order valence-electron chi connectivity index (χ1n) is 5.76. The Hall–Kier alpha value is -2.03. The van der Waals surface area contributed by atoms with Crippen molar-refractivity contribution in [2.75, 3.05) is 11.6 Å². The van der Waals surface area contributed by atoms with Crippen LogP contribution in [0.5, 0.6) is 0 Å². The number of nitrogen functional groups attached to an aromatic ring is 1. The molecule has 0 atom stereocenters. The number of hydrogen-bond acceptors (Lipinski definition) is 7. The number of hydrogen-bond donors (Lipinski definition) is 2. The van der Waals surface area contributed by atoms with E-state index in [0.717, 1.165) is 42.3 Å². The molecule has 0 aliphatic heterocycles. The third kappa shape index (κ3) is 2.05.